The lowest BCUT2D eigenvalue weighted by Gasteiger charge is -2.13. The Morgan fingerprint density at radius 2 is 2.00 bits per heavy atom. The zero-order chi connectivity index (χ0) is 20.5. The number of halogens is 6. The molecule has 0 fully saturated rings. The predicted octanol–water partition coefficient (Wildman–Crippen LogP) is 5.13. The van der Waals surface area contributed by atoms with Crippen LogP contribution in [0.1, 0.15) is 27.6 Å². The summed E-state index contributed by atoms with van der Waals surface area (Å²) in [5, 5.41) is 0.187. The van der Waals surface area contributed by atoms with Crippen LogP contribution in [0.25, 0.3) is 10.1 Å². The van der Waals surface area contributed by atoms with Gasteiger partial charge in [0, 0.05) is 15.4 Å². The van der Waals surface area contributed by atoms with Gasteiger partial charge in [-0.3, -0.25) is 4.79 Å². The van der Waals surface area contributed by atoms with Crippen LogP contribution < -0.4 is 10.5 Å². The summed E-state index contributed by atoms with van der Waals surface area (Å²) in [5.41, 5.74) is 5.07. The lowest BCUT2D eigenvalue weighted by Crippen LogP contribution is -2.22. The summed E-state index contributed by atoms with van der Waals surface area (Å²) < 4.78 is 80.5. The maximum absolute atomic E-state index is 14.0. The van der Waals surface area contributed by atoms with Crippen molar-refractivity contribution in [1.82, 2.24) is 0 Å². The maximum atomic E-state index is 14.0. The average molecular weight is 495 g/mol. The van der Waals surface area contributed by atoms with Crippen LogP contribution in [0.2, 0.25) is 0 Å². The fraction of sp³-hybridized carbons (Fsp3) is 0.357. The van der Waals surface area contributed by atoms with Crippen molar-refractivity contribution in [1.29, 1.82) is 0 Å². The summed E-state index contributed by atoms with van der Waals surface area (Å²) >= 11 is 3.74. The number of amides is 1. The first-order valence-corrected chi connectivity index (χ1v) is 9.98. The van der Waals surface area contributed by atoms with E-state index in [9.17, 15) is 31.3 Å². The number of hydrogen-bond donors (Lipinski definition) is 2. The second kappa shape index (κ2) is 8.34. The van der Waals surface area contributed by atoms with Gasteiger partial charge in [0.05, 0.1) is 11.1 Å². The Kier molecular flexibility index (Phi) is 6.77. The highest BCUT2D eigenvalue weighted by molar-refractivity contribution is 9.10. The fourth-order valence-corrected chi connectivity index (χ4v) is 4.98. The zero-order valence-corrected chi connectivity index (χ0v) is 16.4. The zero-order valence-electron chi connectivity index (χ0n) is 13.1. The first-order valence-electron chi connectivity index (χ1n) is 7.09. The monoisotopic (exact) mass is 494 g/mol. The molecule has 3 unspecified atom stereocenters. The molecule has 3 atom stereocenters. The topological polar surface area (TPSA) is 89.6 Å². The molecule has 0 bridgehead atoms. The van der Waals surface area contributed by atoms with E-state index in [0.717, 1.165) is 6.07 Å². The van der Waals surface area contributed by atoms with E-state index >= 15 is 0 Å². The molecule has 1 amide bonds. The molecule has 2 rings (SSSR count). The minimum absolute atomic E-state index is 0.0624. The van der Waals surface area contributed by atoms with E-state index in [1.165, 1.54) is 6.07 Å². The molecular weight excluding hydrogens is 484 g/mol. The number of benzene rings is 1. The Morgan fingerprint density at radius 3 is 2.52 bits per heavy atom. The fourth-order valence-electron chi connectivity index (χ4n) is 2.15. The van der Waals surface area contributed by atoms with Crippen molar-refractivity contribution < 1.29 is 40.9 Å². The Hall–Kier alpha value is -1.36. The van der Waals surface area contributed by atoms with Crippen LogP contribution in [0.4, 0.5) is 22.0 Å². The Bertz CT molecular complexity index is 890. The van der Waals surface area contributed by atoms with Crippen molar-refractivity contribution in [2.45, 2.75) is 24.7 Å². The lowest BCUT2D eigenvalue weighted by atomic mass is 10.1. The number of carbonyl (C=O) groups excluding carboxylic acids is 1. The molecule has 148 valence electrons. The minimum Gasteiger partial charge on any atom is -0.489 e. The summed E-state index contributed by atoms with van der Waals surface area (Å²) in [6, 6.07) is 2.35. The number of nitrogens with two attached hydrogens (primary N) is 1. The molecule has 13 heteroatoms. The van der Waals surface area contributed by atoms with E-state index in [4.69, 9.17) is 15.4 Å². The third-order valence-corrected chi connectivity index (χ3v) is 6.48. The van der Waals surface area contributed by atoms with Crippen molar-refractivity contribution in [2.24, 2.45) is 5.73 Å². The van der Waals surface area contributed by atoms with Crippen LogP contribution in [-0.4, -0.2) is 29.8 Å². The predicted molar refractivity (Wildman–Crippen MR) is 92.8 cm³/mol. The number of primary amides is 1. The molecule has 0 spiro atoms. The van der Waals surface area contributed by atoms with Crippen molar-refractivity contribution >= 4 is 51.3 Å². The maximum Gasteiger partial charge on any atom is 0.548 e. The van der Waals surface area contributed by atoms with E-state index in [1.54, 1.807) is 0 Å². The van der Waals surface area contributed by atoms with Gasteiger partial charge in [-0.25, -0.2) is 4.39 Å². The van der Waals surface area contributed by atoms with E-state index in [1.807, 2.05) is 0 Å². The molecule has 0 aliphatic heterocycles. The first-order chi connectivity index (χ1) is 12.4. The molecule has 0 aliphatic rings. The van der Waals surface area contributed by atoms with Crippen LogP contribution >= 0.6 is 35.3 Å². The molecule has 0 saturated carbocycles. The van der Waals surface area contributed by atoms with Gasteiger partial charge in [-0.15, -0.1) is 11.3 Å². The number of ether oxygens (including phenoxy) is 1. The van der Waals surface area contributed by atoms with Crippen LogP contribution in [0.15, 0.2) is 16.6 Å². The highest BCUT2D eigenvalue weighted by atomic mass is 79.9. The molecule has 27 heavy (non-hydrogen) atoms. The van der Waals surface area contributed by atoms with Gasteiger partial charge in [-0.2, -0.15) is 22.5 Å². The third kappa shape index (κ3) is 5.34. The highest BCUT2D eigenvalue weighted by Crippen LogP contribution is 2.50. The summed E-state index contributed by atoms with van der Waals surface area (Å²) in [7, 11) is -3.21. The third-order valence-electron chi connectivity index (χ3n) is 3.29. The Balaban J connectivity index is 2.45. The average Bonchev–Trinajstić information content (AvgIpc) is 2.87. The van der Waals surface area contributed by atoms with Gasteiger partial charge in [0.1, 0.15) is 23.4 Å². The molecule has 1 aromatic heterocycles. The molecule has 0 aliphatic carbocycles. The van der Waals surface area contributed by atoms with E-state index in [2.05, 4.69) is 15.9 Å². The largest absolute Gasteiger partial charge is 0.548 e. The lowest BCUT2D eigenvalue weighted by molar-refractivity contribution is -0.148. The summed E-state index contributed by atoms with van der Waals surface area (Å²) in [6.07, 6.45) is -8.80. The van der Waals surface area contributed by atoms with E-state index < -0.39 is 45.2 Å². The van der Waals surface area contributed by atoms with Crippen LogP contribution in [0.3, 0.4) is 0 Å². The smallest absolute Gasteiger partial charge is 0.489 e. The molecule has 2 aromatic rings. The number of thiophene rings is 1. The first kappa shape index (κ1) is 21.9. The Labute approximate surface area is 162 Å². The van der Waals surface area contributed by atoms with Gasteiger partial charge in [-0.1, -0.05) is 0 Å². The van der Waals surface area contributed by atoms with Crippen LogP contribution in [0.5, 0.6) is 5.75 Å². The molecule has 0 radical (unpaired) electrons. The normalized spacial score (nSPS) is 14.9. The minimum atomic E-state index is -4.72. The van der Waals surface area contributed by atoms with Gasteiger partial charge < -0.3 is 10.5 Å². The van der Waals surface area contributed by atoms with Crippen LogP contribution in [-0.2, 0) is 4.57 Å². The van der Waals surface area contributed by atoms with E-state index in [0.29, 0.717) is 11.3 Å². The van der Waals surface area contributed by atoms with E-state index in [-0.39, 0.29) is 30.7 Å². The van der Waals surface area contributed by atoms with Crippen molar-refractivity contribution in [3.8, 4) is 5.75 Å². The standard InChI is InChI=1S/C14H10BrF5NO4PS/c15-9-7-1-5(13(21)22)2-8(25-4-6(16)3-14(18,19)20)10(7)27-11(9)12(17)26(23)24/h1-2,6,12H,3-4H2,(H2-,21,22,23,24)/p+1. The van der Waals surface area contributed by atoms with Crippen molar-refractivity contribution in [2.75, 3.05) is 6.61 Å². The summed E-state index contributed by atoms with van der Waals surface area (Å²) in [5.74, 6) is -3.34. The van der Waals surface area contributed by atoms with Crippen molar-refractivity contribution in [3.63, 3.8) is 0 Å². The van der Waals surface area contributed by atoms with Crippen molar-refractivity contribution in [3.05, 3.63) is 27.0 Å². The Morgan fingerprint density at radius 1 is 1.37 bits per heavy atom. The highest BCUT2D eigenvalue weighted by Gasteiger charge is 2.36. The number of hydrogen-bond acceptors (Lipinski definition) is 4. The van der Waals surface area contributed by atoms with Gasteiger partial charge in [-0.05, 0) is 32.6 Å². The van der Waals surface area contributed by atoms with Gasteiger partial charge in [0.2, 0.25) is 5.91 Å². The molecule has 1 aromatic carbocycles. The number of alkyl halides is 5. The molecule has 0 saturated heterocycles. The summed E-state index contributed by atoms with van der Waals surface area (Å²) in [6.45, 7) is -0.963. The summed E-state index contributed by atoms with van der Waals surface area (Å²) in [4.78, 5) is 20.2. The molecule has 5 nitrogen and oxygen atoms in total. The second-order valence-corrected chi connectivity index (χ2v) is 8.27. The molecule has 1 heterocycles. The number of fused-ring (bicyclic) bond motifs is 1. The SMILES string of the molecule is NC(=O)c1cc(OCC(F)CC(F)(F)F)c2sc(C(F)[P+](=O)O)c(Br)c2c1. The van der Waals surface area contributed by atoms with Gasteiger partial charge in [0.15, 0.2) is 0 Å². The molecular formula is C14H11BrF5NO4PS+. The van der Waals surface area contributed by atoms with Gasteiger partial charge in [0.25, 0.3) is 0 Å². The number of rotatable bonds is 7. The number of carbonyl (C=O) groups is 1. The second-order valence-electron chi connectivity index (χ2n) is 5.36. The van der Waals surface area contributed by atoms with Gasteiger partial charge >= 0.3 is 20.1 Å². The molecule has 3 N–H and O–H groups in total. The quantitative estimate of drug-likeness (QED) is 0.412. The van der Waals surface area contributed by atoms with Crippen LogP contribution in [0, 0.1) is 0 Å².